The summed E-state index contributed by atoms with van der Waals surface area (Å²) in [6, 6.07) is 15.3. The van der Waals surface area contributed by atoms with Gasteiger partial charge in [0.1, 0.15) is 23.7 Å². The molecule has 1 aliphatic heterocycles. The molecule has 42 heavy (non-hydrogen) atoms. The van der Waals surface area contributed by atoms with E-state index in [2.05, 4.69) is 61.0 Å². The zero-order valence-electron chi connectivity index (χ0n) is 25.7. The van der Waals surface area contributed by atoms with Crippen molar-refractivity contribution in [3.63, 3.8) is 0 Å². The van der Waals surface area contributed by atoms with Crippen molar-refractivity contribution in [1.82, 2.24) is 10.2 Å². The van der Waals surface area contributed by atoms with Crippen LogP contribution in [0.4, 0.5) is 5.69 Å². The van der Waals surface area contributed by atoms with E-state index in [4.69, 9.17) is 9.47 Å². The van der Waals surface area contributed by atoms with Gasteiger partial charge in [0.05, 0.1) is 18.8 Å². The highest BCUT2D eigenvalue weighted by Gasteiger charge is 2.64. The molecule has 8 heteroatoms. The molecule has 1 saturated heterocycles. The number of nitrogens with zero attached hydrogens (tertiary/aromatic N) is 3. The van der Waals surface area contributed by atoms with Gasteiger partial charge in [-0.25, -0.2) is 0 Å². The third kappa shape index (κ3) is 6.09. The number of carbonyl (C=O) groups excluding carboxylic acids is 1. The normalized spacial score (nSPS) is 26.9. The van der Waals surface area contributed by atoms with E-state index in [1.54, 1.807) is 25.3 Å². The first kappa shape index (κ1) is 30.2. The standard InChI is InChI=1S/C34H46N4O4/c1-33(2)31(34(3,4)32(33)42-28-15-10-25(21-35)29(20-28)41-5)36-30(40)24-8-11-26(12-9-24)38-18-16-37(17-19-38)22-23-6-13-27(39)14-7-23/h8-12,15,20,23,27,31-32,39H,6-7,13-14,16-19,22H2,1-5H3,(H,36,40). The van der Waals surface area contributed by atoms with Crippen LogP contribution in [-0.4, -0.2) is 74.0 Å². The number of carbonyl (C=O) groups is 1. The summed E-state index contributed by atoms with van der Waals surface area (Å²) in [5.41, 5.74) is 1.66. The average molecular weight is 575 g/mol. The van der Waals surface area contributed by atoms with Gasteiger partial charge in [-0.15, -0.1) is 0 Å². The number of hydrogen-bond donors (Lipinski definition) is 2. The van der Waals surface area contributed by atoms with Crippen LogP contribution in [0.3, 0.4) is 0 Å². The highest BCUT2D eigenvalue weighted by Crippen LogP contribution is 2.55. The monoisotopic (exact) mass is 574 g/mol. The Bertz CT molecular complexity index is 1270. The van der Waals surface area contributed by atoms with Gasteiger partial charge in [0, 0.05) is 66.9 Å². The number of nitriles is 1. The van der Waals surface area contributed by atoms with Crippen LogP contribution in [0.25, 0.3) is 0 Å². The lowest BCUT2D eigenvalue weighted by atomic mass is 9.49. The Labute approximate surface area is 250 Å². The molecule has 2 N–H and O–H groups in total. The zero-order valence-corrected chi connectivity index (χ0v) is 25.7. The number of benzene rings is 2. The van der Waals surface area contributed by atoms with Gasteiger partial charge >= 0.3 is 0 Å². The fourth-order valence-corrected chi connectivity index (χ4v) is 7.69. The highest BCUT2D eigenvalue weighted by molar-refractivity contribution is 5.95. The van der Waals surface area contributed by atoms with Crippen molar-refractivity contribution in [3.05, 3.63) is 53.6 Å². The Kier molecular flexibility index (Phi) is 8.73. The fourth-order valence-electron chi connectivity index (χ4n) is 7.69. The van der Waals surface area contributed by atoms with Crippen LogP contribution in [0.2, 0.25) is 0 Å². The molecular formula is C34H46N4O4. The molecule has 0 spiro atoms. The molecule has 1 amide bonds. The van der Waals surface area contributed by atoms with E-state index in [0.29, 0.717) is 28.5 Å². The van der Waals surface area contributed by atoms with Crippen molar-refractivity contribution >= 4 is 11.6 Å². The Morgan fingerprint density at radius 1 is 1.00 bits per heavy atom. The molecule has 226 valence electrons. The van der Waals surface area contributed by atoms with Crippen LogP contribution in [0, 0.1) is 28.1 Å². The van der Waals surface area contributed by atoms with Gasteiger partial charge in [0.2, 0.25) is 0 Å². The Hall–Kier alpha value is -3.28. The largest absolute Gasteiger partial charge is 0.495 e. The van der Waals surface area contributed by atoms with Crippen molar-refractivity contribution in [2.75, 3.05) is 44.7 Å². The predicted octanol–water partition coefficient (Wildman–Crippen LogP) is 4.85. The van der Waals surface area contributed by atoms with Crippen LogP contribution < -0.4 is 19.7 Å². The predicted molar refractivity (Wildman–Crippen MR) is 164 cm³/mol. The van der Waals surface area contributed by atoms with Crippen LogP contribution in [0.15, 0.2) is 42.5 Å². The van der Waals surface area contributed by atoms with Gasteiger partial charge in [0.15, 0.2) is 0 Å². The summed E-state index contributed by atoms with van der Waals surface area (Å²) >= 11 is 0. The summed E-state index contributed by atoms with van der Waals surface area (Å²) in [4.78, 5) is 18.3. The summed E-state index contributed by atoms with van der Waals surface area (Å²) in [7, 11) is 1.54. The smallest absolute Gasteiger partial charge is 0.251 e. The number of hydrogen-bond acceptors (Lipinski definition) is 7. The second-order valence-corrected chi connectivity index (χ2v) is 13.5. The van der Waals surface area contributed by atoms with Crippen LogP contribution in [0.1, 0.15) is 69.3 Å². The quantitative estimate of drug-likeness (QED) is 0.465. The van der Waals surface area contributed by atoms with E-state index in [1.807, 2.05) is 12.1 Å². The zero-order chi connectivity index (χ0) is 30.1. The van der Waals surface area contributed by atoms with Crippen molar-refractivity contribution in [2.45, 2.75) is 71.6 Å². The number of nitrogens with one attached hydrogen (secondary N) is 1. The first-order chi connectivity index (χ1) is 20.0. The molecule has 2 aromatic rings. The van der Waals surface area contributed by atoms with E-state index < -0.39 is 0 Å². The second-order valence-electron chi connectivity index (χ2n) is 13.5. The molecule has 5 rings (SSSR count). The minimum Gasteiger partial charge on any atom is -0.495 e. The lowest BCUT2D eigenvalue weighted by Gasteiger charge is -2.63. The van der Waals surface area contributed by atoms with Crippen LogP contribution >= 0.6 is 0 Å². The van der Waals surface area contributed by atoms with Gasteiger partial charge in [0.25, 0.3) is 5.91 Å². The SMILES string of the molecule is COc1cc(OC2C(C)(C)C(NC(=O)c3ccc(N4CCN(CC5CCC(O)CC5)CC4)cc3)C2(C)C)ccc1C#N. The number of ether oxygens (including phenoxy) is 2. The van der Waals surface area contributed by atoms with Crippen LogP contribution in [0.5, 0.6) is 11.5 Å². The molecule has 0 bridgehead atoms. The average Bonchev–Trinajstić information content (AvgIpc) is 2.99. The van der Waals surface area contributed by atoms with Gasteiger partial charge in [-0.1, -0.05) is 27.7 Å². The molecule has 3 fully saturated rings. The third-order valence-electron chi connectivity index (χ3n) is 9.86. The van der Waals surface area contributed by atoms with Crippen molar-refractivity contribution in [1.29, 1.82) is 5.26 Å². The molecule has 0 unspecified atom stereocenters. The molecule has 0 atom stereocenters. The highest BCUT2D eigenvalue weighted by atomic mass is 16.5. The molecular weight excluding hydrogens is 528 g/mol. The van der Waals surface area contributed by atoms with Gasteiger partial charge in [-0.3, -0.25) is 9.69 Å². The molecule has 2 aliphatic carbocycles. The molecule has 2 aromatic carbocycles. The van der Waals surface area contributed by atoms with Gasteiger partial charge < -0.3 is 24.8 Å². The number of anilines is 1. The van der Waals surface area contributed by atoms with E-state index in [0.717, 1.165) is 64.1 Å². The first-order valence-corrected chi connectivity index (χ1v) is 15.3. The maximum absolute atomic E-state index is 13.3. The van der Waals surface area contributed by atoms with Crippen molar-refractivity contribution < 1.29 is 19.4 Å². The van der Waals surface area contributed by atoms with E-state index >= 15 is 0 Å². The molecule has 3 aliphatic rings. The summed E-state index contributed by atoms with van der Waals surface area (Å²) in [6.07, 6.45) is 3.94. The minimum absolute atomic E-state index is 0.0754. The van der Waals surface area contributed by atoms with Crippen molar-refractivity contribution in [3.8, 4) is 17.6 Å². The number of aliphatic hydroxyl groups excluding tert-OH is 1. The lowest BCUT2D eigenvalue weighted by molar-refractivity contribution is -0.164. The minimum atomic E-state index is -0.308. The van der Waals surface area contributed by atoms with Crippen molar-refractivity contribution in [2.24, 2.45) is 16.7 Å². The Morgan fingerprint density at radius 2 is 1.64 bits per heavy atom. The fraction of sp³-hybridized carbons (Fsp3) is 0.588. The number of piperazine rings is 1. The number of amides is 1. The van der Waals surface area contributed by atoms with E-state index in [9.17, 15) is 15.2 Å². The third-order valence-corrected chi connectivity index (χ3v) is 9.86. The number of aliphatic hydroxyl groups is 1. The Balaban J connectivity index is 1.14. The van der Waals surface area contributed by atoms with Gasteiger partial charge in [-0.2, -0.15) is 5.26 Å². The van der Waals surface area contributed by atoms with E-state index in [-0.39, 0.29) is 35.0 Å². The number of methoxy groups -OCH3 is 1. The molecule has 8 nitrogen and oxygen atoms in total. The second kappa shape index (κ2) is 12.1. The van der Waals surface area contributed by atoms with E-state index in [1.165, 1.54) is 0 Å². The summed E-state index contributed by atoms with van der Waals surface area (Å²) < 4.78 is 11.8. The maximum atomic E-state index is 13.3. The summed E-state index contributed by atoms with van der Waals surface area (Å²) in [5.74, 6) is 1.77. The lowest BCUT2D eigenvalue weighted by Crippen LogP contribution is -2.74. The first-order valence-electron chi connectivity index (χ1n) is 15.3. The molecule has 2 saturated carbocycles. The summed E-state index contributed by atoms with van der Waals surface area (Å²) in [6.45, 7) is 13.7. The Morgan fingerprint density at radius 3 is 2.24 bits per heavy atom. The summed E-state index contributed by atoms with van der Waals surface area (Å²) in [5, 5.41) is 22.4. The maximum Gasteiger partial charge on any atom is 0.251 e. The molecule has 1 heterocycles. The number of rotatable bonds is 8. The van der Waals surface area contributed by atoms with Crippen LogP contribution in [-0.2, 0) is 0 Å². The topological polar surface area (TPSA) is 98.1 Å². The van der Waals surface area contributed by atoms with Gasteiger partial charge in [-0.05, 0) is 68.0 Å². The molecule has 0 aromatic heterocycles. The molecule has 0 radical (unpaired) electrons.